The van der Waals surface area contributed by atoms with E-state index < -0.39 is 0 Å². The number of ether oxygens (including phenoxy) is 1. The number of nitrogens with zero attached hydrogens (tertiary/aromatic N) is 1. The normalized spacial score (nSPS) is 11.6. The van der Waals surface area contributed by atoms with Crippen molar-refractivity contribution in [3.8, 4) is 11.5 Å². The van der Waals surface area contributed by atoms with Crippen LogP contribution in [0.1, 0.15) is 70.8 Å². The maximum atomic E-state index is 9.96. The van der Waals surface area contributed by atoms with Crippen molar-refractivity contribution in [2.75, 3.05) is 6.61 Å². The summed E-state index contributed by atoms with van der Waals surface area (Å²) in [5.74, 6) is 0.801. The standard InChI is InChI=1S/C18H29NO3/c1-3-5-6-7-8-9-10-11-17(19-21)16-14-15(22-4-2)12-13-18(16)20/h12-14,20-21H,3-11H2,1-2H3/b19-17+. The fourth-order valence-corrected chi connectivity index (χ4v) is 2.49. The molecule has 0 bridgehead atoms. The summed E-state index contributed by atoms with van der Waals surface area (Å²) < 4.78 is 5.43. The van der Waals surface area contributed by atoms with E-state index in [1.54, 1.807) is 18.2 Å². The molecule has 0 fully saturated rings. The lowest BCUT2D eigenvalue weighted by atomic mass is 10.0. The molecule has 0 saturated carbocycles. The van der Waals surface area contributed by atoms with Crippen LogP contribution in [0.2, 0.25) is 0 Å². The molecule has 1 aromatic carbocycles. The van der Waals surface area contributed by atoms with Gasteiger partial charge in [0.25, 0.3) is 0 Å². The van der Waals surface area contributed by atoms with E-state index in [0.717, 1.165) is 12.8 Å². The number of oxime groups is 1. The highest BCUT2D eigenvalue weighted by Gasteiger charge is 2.11. The summed E-state index contributed by atoms with van der Waals surface area (Å²) in [5, 5.41) is 22.6. The molecule has 0 heterocycles. The van der Waals surface area contributed by atoms with Crippen molar-refractivity contribution in [1.82, 2.24) is 0 Å². The topological polar surface area (TPSA) is 62.1 Å². The first-order valence-electron chi connectivity index (χ1n) is 8.40. The molecule has 0 aliphatic rings. The molecule has 0 amide bonds. The second kappa shape index (κ2) is 10.9. The summed E-state index contributed by atoms with van der Waals surface area (Å²) in [6, 6.07) is 5.02. The van der Waals surface area contributed by atoms with Crippen LogP contribution in [0, 0.1) is 0 Å². The van der Waals surface area contributed by atoms with Crippen molar-refractivity contribution in [2.45, 2.75) is 65.2 Å². The van der Waals surface area contributed by atoms with Crippen LogP contribution < -0.4 is 4.74 Å². The maximum Gasteiger partial charge on any atom is 0.125 e. The van der Waals surface area contributed by atoms with E-state index in [1.807, 2.05) is 6.92 Å². The van der Waals surface area contributed by atoms with Gasteiger partial charge < -0.3 is 15.1 Å². The van der Waals surface area contributed by atoms with Gasteiger partial charge in [0, 0.05) is 5.56 Å². The summed E-state index contributed by atoms with van der Waals surface area (Å²) >= 11 is 0. The van der Waals surface area contributed by atoms with Crippen molar-refractivity contribution in [3.05, 3.63) is 23.8 Å². The van der Waals surface area contributed by atoms with E-state index in [4.69, 9.17) is 4.74 Å². The summed E-state index contributed by atoms with van der Waals surface area (Å²) in [7, 11) is 0. The van der Waals surface area contributed by atoms with Gasteiger partial charge in [0.15, 0.2) is 0 Å². The Morgan fingerprint density at radius 3 is 2.36 bits per heavy atom. The lowest BCUT2D eigenvalue weighted by Gasteiger charge is -2.10. The van der Waals surface area contributed by atoms with Gasteiger partial charge in [-0.3, -0.25) is 0 Å². The number of hydrogen-bond acceptors (Lipinski definition) is 4. The molecule has 0 aliphatic carbocycles. The number of rotatable bonds is 11. The van der Waals surface area contributed by atoms with Crippen molar-refractivity contribution < 1.29 is 15.1 Å². The van der Waals surface area contributed by atoms with Gasteiger partial charge >= 0.3 is 0 Å². The van der Waals surface area contributed by atoms with Gasteiger partial charge in [0.2, 0.25) is 0 Å². The Morgan fingerprint density at radius 1 is 1.05 bits per heavy atom. The van der Waals surface area contributed by atoms with Crippen LogP contribution in [-0.2, 0) is 0 Å². The van der Waals surface area contributed by atoms with Crippen LogP contribution in [0.15, 0.2) is 23.4 Å². The smallest absolute Gasteiger partial charge is 0.125 e. The Kier molecular flexibility index (Phi) is 9.12. The molecule has 0 unspecified atom stereocenters. The molecule has 4 nitrogen and oxygen atoms in total. The van der Waals surface area contributed by atoms with E-state index in [2.05, 4.69) is 12.1 Å². The largest absolute Gasteiger partial charge is 0.507 e. The van der Waals surface area contributed by atoms with Gasteiger partial charge in [-0.1, -0.05) is 50.6 Å². The molecule has 124 valence electrons. The van der Waals surface area contributed by atoms with Gasteiger partial charge in [-0.15, -0.1) is 0 Å². The quantitative estimate of drug-likeness (QED) is 0.258. The highest BCUT2D eigenvalue weighted by molar-refractivity contribution is 6.02. The second-order valence-corrected chi connectivity index (χ2v) is 5.53. The highest BCUT2D eigenvalue weighted by atomic mass is 16.5. The number of aromatic hydroxyl groups is 1. The Hall–Kier alpha value is -1.71. The highest BCUT2D eigenvalue weighted by Crippen LogP contribution is 2.25. The number of hydrogen-bond donors (Lipinski definition) is 2. The molecule has 0 spiro atoms. The number of benzene rings is 1. The fourth-order valence-electron chi connectivity index (χ4n) is 2.49. The average Bonchev–Trinajstić information content (AvgIpc) is 2.53. The third-order valence-corrected chi connectivity index (χ3v) is 3.73. The summed E-state index contributed by atoms with van der Waals surface area (Å²) in [4.78, 5) is 0. The van der Waals surface area contributed by atoms with E-state index >= 15 is 0 Å². The summed E-state index contributed by atoms with van der Waals surface area (Å²) in [6.45, 7) is 4.69. The van der Waals surface area contributed by atoms with Gasteiger partial charge in [-0.2, -0.15) is 0 Å². The zero-order valence-electron chi connectivity index (χ0n) is 13.8. The van der Waals surface area contributed by atoms with Crippen LogP contribution in [-0.4, -0.2) is 22.6 Å². The van der Waals surface area contributed by atoms with Crippen LogP contribution in [0.25, 0.3) is 0 Å². The Labute approximate surface area is 133 Å². The first-order valence-corrected chi connectivity index (χ1v) is 8.40. The molecule has 0 aromatic heterocycles. The molecular weight excluding hydrogens is 278 g/mol. The van der Waals surface area contributed by atoms with Crippen LogP contribution >= 0.6 is 0 Å². The monoisotopic (exact) mass is 307 g/mol. The lowest BCUT2D eigenvalue weighted by Crippen LogP contribution is -2.03. The predicted molar refractivity (Wildman–Crippen MR) is 90.2 cm³/mol. The average molecular weight is 307 g/mol. The number of phenolic OH excluding ortho intramolecular Hbond substituents is 1. The lowest BCUT2D eigenvalue weighted by molar-refractivity contribution is 0.317. The third kappa shape index (κ3) is 6.37. The van der Waals surface area contributed by atoms with Crippen LogP contribution in [0.5, 0.6) is 11.5 Å². The molecule has 22 heavy (non-hydrogen) atoms. The van der Waals surface area contributed by atoms with E-state index in [9.17, 15) is 10.3 Å². The van der Waals surface area contributed by atoms with Crippen molar-refractivity contribution in [1.29, 1.82) is 0 Å². The van der Waals surface area contributed by atoms with Gasteiger partial charge in [-0.25, -0.2) is 0 Å². The SMILES string of the molecule is CCCCCCCCC/C(=N\O)c1cc(OCC)ccc1O. The fraction of sp³-hybridized carbons (Fsp3) is 0.611. The number of unbranched alkanes of at least 4 members (excludes halogenated alkanes) is 6. The first kappa shape index (κ1) is 18.3. The van der Waals surface area contributed by atoms with Crippen molar-refractivity contribution in [2.24, 2.45) is 5.16 Å². The van der Waals surface area contributed by atoms with E-state index in [0.29, 0.717) is 30.1 Å². The van der Waals surface area contributed by atoms with Crippen LogP contribution in [0.4, 0.5) is 0 Å². The summed E-state index contributed by atoms with van der Waals surface area (Å²) in [6.07, 6.45) is 9.09. The van der Waals surface area contributed by atoms with Crippen molar-refractivity contribution >= 4 is 5.71 Å². The van der Waals surface area contributed by atoms with Gasteiger partial charge in [0.1, 0.15) is 11.5 Å². The minimum atomic E-state index is 0.124. The minimum Gasteiger partial charge on any atom is -0.507 e. The van der Waals surface area contributed by atoms with Gasteiger partial charge in [0.05, 0.1) is 12.3 Å². The van der Waals surface area contributed by atoms with E-state index in [-0.39, 0.29) is 5.75 Å². The molecule has 0 saturated heterocycles. The minimum absolute atomic E-state index is 0.124. The molecule has 1 rings (SSSR count). The molecule has 2 N–H and O–H groups in total. The first-order chi connectivity index (χ1) is 10.7. The van der Waals surface area contributed by atoms with E-state index in [1.165, 1.54) is 32.1 Å². The summed E-state index contributed by atoms with van der Waals surface area (Å²) in [5.41, 5.74) is 1.08. The molecular formula is C18H29NO3. The Bertz CT molecular complexity index is 458. The van der Waals surface area contributed by atoms with Crippen molar-refractivity contribution in [3.63, 3.8) is 0 Å². The Morgan fingerprint density at radius 2 is 1.73 bits per heavy atom. The molecule has 4 heteroatoms. The third-order valence-electron chi connectivity index (χ3n) is 3.73. The van der Waals surface area contributed by atoms with Gasteiger partial charge in [-0.05, 0) is 38.0 Å². The predicted octanol–water partition coefficient (Wildman–Crippen LogP) is 5.11. The maximum absolute atomic E-state index is 9.96. The zero-order chi connectivity index (χ0) is 16.2. The zero-order valence-corrected chi connectivity index (χ0v) is 13.8. The Balaban J connectivity index is 2.49. The number of phenols is 1. The molecule has 0 radical (unpaired) electrons. The molecule has 1 aromatic rings. The second-order valence-electron chi connectivity index (χ2n) is 5.53. The van der Waals surface area contributed by atoms with Crippen LogP contribution in [0.3, 0.4) is 0 Å². The molecule has 0 aliphatic heterocycles. The molecule has 0 atom stereocenters.